The van der Waals surface area contributed by atoms with Gasteiger partial charge in [0.15, 0.2) is 0 Å². The average molecular weight is 236 g/mol. The highest BCUT2D eigenvalue weighted by atomic mass is 32.2. The molecular weight excluding hydrogens is 223 g/mol. The fourth-order valence-electron chi connectivity index (χ4n) is 1.83. The Kier molecular flexibility index (Phi) is 3.68. The second-order valence-corrected chi connectivity index (χ2v) is 5.05. The molecule has 0 radical (unpaired) electrons. The lowest BCUT2D eigenvalue weighted by Gasteiger charge is -2.23. The van der Waals surface area contributed by atoms with Gasteiger partial charge in [-0.25, -0.2) is 4.39 Å². The number of thioether (sulfide) groups is 1. The molecule has 0 aromatic heterocycles. The number of hydrogen-bond acceptors (Lipinski definition) is 3. The molecule has 0 aliphatic carbocycles. The Balaban J connectivity index is 2.08. The number of nitriles is 1. The zero-order valence-electron chi connectivity index (χ0n) is 8.87. The molecule has 1 aliphatic heterocycles. The van der Waals surface area contributed by atoms with E-state index in [0.29, 0.717) is 17.3 Å². The van der Waals surface area contributed by atoms with Crippen molar-refractivity contribution in [2.45, 2.75) is 18.9 Å². The molecule has 16 heavy (non-hydrogen) atoms. The topological polar surface area (TPSA) is 35.8 Å². The monoisotopic (exact) mass is 236 g/mol. The molecule has 84 valence electrons. The van der Waals surface area contributed by atoms with Crippen LogP contribution in [0.1, 0.15) is 18.4 Å². The molecule has 0 bridgehead atoms. The maximum absolute atomic E-state index is 13.2. The Bertz CT molecular complexity index is 408. The highest BCUT2D eigenvalue weighted by molar-refractivity contribution is 7.99. The molecule has 2 rings (SSSR count). The van der Waals surface area contributed by atoms with Gasteiger partial charge in [-0.05, 0) is 36.8 Å². The minimum absolute atomic E-state index is 0.356. The van der Waals surface area contributed by atoms with Gasteiger partial charge in [-0.2, -0.15) is 17.0 Å². The third-order valence-corrected chi connectivity index (χ3v) is 3.77. The number of benzene rings is 1. The number of halogens is 1. The van der Waals surface area contributed by atoms with Crippen molar-refractivity contribution in [2.75, 3.05) is 16.8 Å². The fourth-order valence-corrected chi connectivity index (χ4v) is 2.90. The van der Waals surface area contributed by atoms with E-state index in [1.807, 2.05) is 17.8 Å². The van der Waals surface area contributed by atoms with Crippen molar-refractivity contribution >= 4 is 17.4 Å². The van der Waals surface area contributed by atoms with Crippen LogP contribution in [-0.2, 0) is 0 Å². The molecule has 4 heteroatoms. The molecule has 1 saturated heterocycles. The Morgan fingerprint density at radius 1 is 1.44 bits per heavy atom. The summed E-state index contributed by atoms with van der Waals surface area (Å²) in [4.78, 5) is 0. The van der Waals surface area contributed by atoms with E-state index in [1.165, 1.54) is 24.3 Å². The van der Waals surface area contributed by atoms with E-state index in [1.54, 1.807) is 6.07 Å². The molecule has 0 amide bonds. The molecule has 1 atom stereocenters. The molecule has 0 saturated carbocycles. The van der Waals surface area contributed by atoms with Gasteiger partial charge in [0.05, 0.1) is 11.6 Å². The first kappa shape index (κ1) is 11.3. The molecule has 1 aromatic rings. The summed E-state index contributed by atoms with van der Waals surface area (Å²) >= 11 is 1.92. The van der Waals surface area contributed by atoms with Crippen molar-refractivity contribution in [3.05, 3.63) is 29.6 Å². The summed E-state index contributed by atoms with van der Waals surface area (Å²) in [5.41, 5.74) is 1.08. The molecule has 1 N–H and O–H groups in total. The van der Waals surface area contributed by atoms with Crippen LogP contribution < -0.4 is 5.32 Å². The van der Waals surface area contributed by atoms with Gasteiger partial charge in [-0.15, -0.1) is 0 Å². The van der Waals surface area contributed by atoms with E-state index < -0.39 is 0 Å². The van der Waals surface area contributed by atoms with Crippen molar-refractivity contribution in [2.24, 2.45) is 0 Å². The second kappa shape index (κ2) is 5.22. The van der Waals surface area contributed by atoms with E-state index in [2.05, 4.69) is 5.32 Å². The summed E-state index contributed by atoms with van der Waals surface area (Å²) < 4.78 is 13.2. The number of hydrogen-bond donors (Lipinski definition) is 1. The van der Waals surface area contributed by atoms with Crippen LogP contribution in [0.4, 0.5) is 10.1 Å². The van der Waals surface area contributed by atoms with Gasteiger partial charge in [0, 0.05) is 17.5 Å². The van der Waals surface area contributed by atoms with Gasteiger partial charge in [-0.1, -0.05) is 0 Å². The van der Waals surface area contributed by atoms with Crippen molar-refractivity contribution in [1.29, 1.82) is 5.26 Å². The van der Waals surface area contributed by atoms with Crippen LogP contribution >= 0.6 is 11.8 Å². The maximum atomic E-state index is 13.2. The maximum Gasteiger partial charge on any atom is 0.126 e. The molecule has 2 nitrogen and oxygen atoms in total. The number of nitrogens with one attached hydrogen (secondary N) is 1. The molecular formula is C12H13FN2S. The van der Waals surface area contributed by atoms with Crippen LogP contribution in [0.25, 0.3) is 0 Å². The van der Waals surface area contributed by atoms with Crippen molar-refractivity contribution in [3.8, 4) is 6.07 Å². The summed E-state index contributed by atoms with van der Waals surface area (Å²) in [7, 11) is 0. The lowest BCUT2D eigenvalue weighted by Crippen LogP contribution is -2.25. The van der Waals surface area contributed by atoms with Gasteiger partial charge < -0.3 is 5.32 Å². The van der Waals surface area contributed by atoms with Gasteiger partial charge >= 0.3 is 0 Å². The minimum atomic E-state index is -0.356. The third kappa shape index (κ3) is 2.89. The second-order valence-electron chi connectivity index (χ2n) is 3.90. The van der Waals surface area contributed by atoms with Crippen LogP contribution in [-0.4, -0.2) is 17.5 Å². The normalized spacial score (nSPS) is 20.1. The van der Waals surface area contributed by atoms with Crippen molar-refractivity contribution in [3.63, 3.8) is 0 Å². The smallest absolute Gasteiger partial charge is 0.126 e. The largest absolute Gasteiger partial charge is 0.381 e. The zero-order valence-corrected chi connectivity index (χ0v) is 9.69. The van der Waals surface area contributed by atoms with Gasteiger partial charge in [-0.3, -0.25) is 0 Å². The fraction of sp³-hybridized carbons (Fsp3) is 0.417. The Morgan fingerprint density at radius 2 is 2.31 bits per heavy atom. The average Bonchev–Trinajstić information content (AvgIpc) is 2.29. The van der Waals surface area contributed by atoms with E-state index in [0.717, 1.165) is 12.2 Å². The predicted molar refractivity (Wildman–Crippen MR) is 65.1 cm³/mol. The van der Waals surface area contributed by atoms with E-state index in [9.17, 15) is 4.39 Å². The summed E-state index contributed by atoms with van der Waals surface area (Å²) in [5, 5.41) is 12.0. The van der Waals surface area contributed by atoms with Crippen LogP contribution in [0.2, 0.25) is 0 Å². The molecule has 1 unspecified atom stereocenters. The first-order valence-electron chi connectivity index (χ1n) is 5.33. The van der Waals surface area contributed by atoms with Gasteiger partial charge in [0.2, 0.25) is 0 Å². The molecule has 1 fully saturated rings. The molecule has 1 heterocycles. The van der Waals surface area contributed by atoms with Crippen LogP contribution in [0.3, 0.4) is 0 Å². The zero-order chi connectivity index (χ0) is 11.4. The number of anilines is 1. The first-order chi connectivity index (χ1) is 7.78. The summed E-state index contributed by atoms with van der Waals surface area (Å²) in [5.74, 6) is 1.91. The summed E-state index contributed by atoms with van der Waals surface area (Å²) in [6, 6.07) is 6.75. The Morgan fingerprint density at radius 3 is 3.00 bits per heavy atom. The minimum Gasteiger partial charge on any atom is -0.381 e. The van der Waals surface area contributed by atoms with E-state index in [-0.39, 0.29) is 5.82 Å². The van der Waals surface area contributed by atoms with Crippen molar-refractivity contribution in [1.82, 2.24) is 0 Å². The highest BCUT2D eigenvalue weighted by Crippen LogP contribution is 2.22. The van der Waals surface area contributed by atoms with Crippen LogP contribution in [0, 0.1) is 17.1 Å². The van der Waals surface area contributed by atoms with Crippen LogP contribution in [0.5, 0.6) is 0 Å². The molecule has 0 spiro atoms. The Labute approximate surface area is 98.8 Å². The lowest BCUT2D eigenvalue weighted by molar-refractivity contribution is 0.626. The number of rotatable bonds is 2. The standard InChI is InChI=1S/C12H13FN2S/c13-10-4-9(7-14)5-12(6-10)15-11-2-1-3-16-8-11/h4-6,11,15H,1-3,8H2. The van der Waals surface area contributed by atoms with E-state index in [4.69, 9.17) is 5.26 Å². The number of nitrogens with zero attached hydrogens (tertiary/aromatic N) is 1. The van der Waals surface area contributed by atoms with Crippen molar-refractivity contribution < 1.29 is 4.39 Å². The SMILES string of the molecule is N#Cc1cc(F)cc(NC2CCCSC2)c1. The van der Waals surface area contributed by atoms with E-state index >= 15 is 0 Å². The third-order valence-electron chi connectivity index (χ3n) is 2.56. The summed E-state index contributed by atoms with van der Waals surface area (Å²) in [6.07, 6.45) is 2.31. The van der Waals surface area contributed by atoms with Gasteiger partial charge in [0.1, 0.15) is 5.82 Å². The lowest BCUT2D eigenvalue weighted by atomic mass is 10.1. The highest BCUT2D eigenvalue weighted by Gasteiger charge is 2.13. The first-order valence-corrected chi connectivity index (χ1v) is 6.48. The van der Waals surface area contributed by atoms with Crippen LogP contribution in [0.15, 0.2) is 18.2 Å². The predicted octanol–water partition coefficient (Wildman–Crippen LogP) is 3.00. The molecule has 1 aromatic carbocycles. The van der Waals surface area contributed by atoms with Gasteiger partial charge in [0.25, 0.3) is 0 Å². The molecule has 1 aliphatic rings. The quantitative estimate of drug-likeness (QED) is 0.857. The Hall–Kier alpha value is -1.21. The summed E-state index contributed by atoms with van der Waals surface area (Å²) in [6.45, 7) is 0.